The Balaban J connectivity index is 1.09. The summed E-state index contributed by atoms with van der Waals surface area (Å²) in [6.45, 7) is 6.35. The van der Waals surface area contributed by atoms with Crippen LogP contribution in [0, 0.1) is 12.8 Å². The van der Waals surface area contributed by atoms with E-state index in [0.717, 1.165) is 60.3 Å². The molecule has 0 radical (unpaired) electrons. The number of aliphatic hydroxyl groups is 2. The topological polar surface area (TPSA) is 99.5 Å². The van der Waals surface area contributed by atoms with Crippen molar-refractivity contribution in [3.63, 3.8) is 0 Å². The number of hydrogen-bond acceptors (Lipinski definition) is 8. The van der Waals surface area contributed by atoms with Crippen molar-refractivity contribution in [1.29, 1.82) is 0 Å². The summed E-state index contributed by atoms with van der Waals surface area (Å²) in [5, 5.41) is 21.6. The molecule has 0 unspecified atom stereocenters. The monoisotopic (exact) mass is 494 g/mol. The maximum absolute atomic E-state index is 11.8. The van der Waals surface area contributed by atoms with E-state index in [1.165, 1.54) is 0 Å². The Morgan fingerprint density at radius 2 is 1.69 bits per heavy atom. The van der Waals surface area contributed by atoms with E-state index >= 15 is 0 Å². The highest BCUT2D eigenvalue weighted by Crippen LogP contribution is 2.30. The number of rotatable bonds is 8. The van der Waals surface area contributed by atoms with Crippen LogP contribution in [0.4, 0.5) is 0 Å². The van der Waals surface area contributed by atoms with E-state index in [4.69, 9.17) is 9.47 Å². The summed E-state index contributed by atoms with van der Waals surface area (Å²) >= 11 is 0. The SMILES string of the molecule is Cc1c([C@@H](O)CN2CCC(CN(C)C[C@@H](O)c3ccc4c(c3)COC4=O)CC2)ccc2c1COC2=O. The Kier molecular flexibility index (Phi) is 7.12. The molecule has 8 nitrogen and oxygen atoms in total. The third kappa shape index (κ3) is 5.04. The van der Waals surface area contributed by atoms with Crippen LogP contribution < -0.4 is 0 Å². The first-order valence-electron chi connectivity index (χ1n) is 12.7. The minimum Gasteiger partial charge on any atom is -0.457 e. The maximum Gasteiger partial charge on any atom is 0.338 e. The lowest BCUT2D eigenvalue weighted by atomic mass is 9.93. The van der Waals surface area contributed by atoms with E-state index in [1.54, 1.807) is 18.2 Å². The van der Waals surface area contributed by atoms with Gasteiger partial charge in [-0.3, -0.25) is 0 Å². The standard InChI is InChI=1S/C28H34N2O6/c1-17-21(5-6-23-24(17)16-36-28(23)34)26(32)14-30-9-7-18(8-10-30)12-29(2)13-25(31)19-3-4-22-20(11-19)15-35-27(22)33/h3-6,11,18,25-26,31-32H,7-10,12-16H2,1-2H3/t25-,26+/m1/s1. The fourth-order valence-corrected chi connectivity index (χ4v) is 5.70. The number of hydrogen-bond donors (Lipinski definition) is 2. The van der Waals surface area contributed by atoms with Crippen LogP contribution in [0.5, 0.6) is 0 Å². The zero-order chi connectivity index (χ0) is 25.4. The lowest BCUT2D eigenvalue weighted by Gasteiger charge is -2.35. The number of esters is 2. The predicted molar refractivity (Wildman–Crippen MR) is 132 cm³/mol. The number of likely N-dealkylation sites (tertiary alicyclic amines) is 1. The first-order valence-corrected chi connectivity index (χ1v) is 12.7. The number of cyclic esters (lactones) is 2. The number of piperidine rings is 1. The minimum absolute atomic E-state index is 0.276. The first kappa shape index (κ1) is 24.9. The van der Waals surface area contributed by atoms with Crippen LogP contribution in [-0.2, 0) is 22.7 Å². The molecule has 0 saturated carbocycles. The number of fused-ring (bicyclic) bond motifs is 2. The number of benzene rings is 2. The summed E-state index contributed by atoms with van der Waals surface area (Å²) in [5.41, 5.74) is 5.55. The highest BCUT2D eigenvalue weighted by molar-refractivity contribution is 5.94. The number of ether oxygens (including phenoxy) is 2. The molecule has 3 aliphatic heterocycles. The first-order chi connectivity index (χ1) is 17.3. The molecule has 192 valence electrons. The van der Waals surface area contributed by atoms with E-state index in [9.17, 15) is 19.8 Å². The lowest BCUT2D eigenvalue weighted by molar-refractivity contribution is 0.0526. The summed E-state index contributed by atoms with van der Waals surface area (Å²) in [5.74, 6) is -0.0471. The Labute approximate surface area is 211 Å². The molecule has 2 aromatic carbocycles. The van der Waals surface area contributed by atoms with Gasteiger partial charge in [-0.25, -0.2) is 9.59 Å². The molecule has 0 spiro atoms. The van der Waals surface area contributed by atoms with Crippen molar-refractivity contribution in [1.82, 2.24) is 9.80 Å². The molecule has 0 aliphatic carbocycles. The summed E-state index contributed by atoms with van der Waals surface area (Å²) in [7, 11) is 2.03. The molecule has 0 bridgehead atoms. The van der Waals surface area contributed by atoms with Crippen molar-refractivity contribution in [3.8, 4) is 0 Å². The Bertz CT molecular complexity index is 1160. The van der Waals surface area contributed by atoms with Crippen molar-refractivity contribution < 1.29 is 29.3 Å². The molecule has 0 aromatic heterocycles. The number of nitrogens with zero attached hydrogens (tertiary/aromatic N) is 2. The number of β-amino-alcohol motifs (C(OH)–C–C–N with tert-alkyl or cyclic N) is 1. The Morgan fingerprint density at radius 1 is 1.00 bits per heavy atom. The fraction of sp³-hybridized carbons (Fsp3) is 0.500. The molecule has 1 saturated heterocycles. The normalized spacial score (nSPS) is 19.7. The smallest absolute Gasteiger partial charge is 0.338 e. The van der Waals surface area contributed by atoms with Crippen LogP contribution in [0.1, 0.15) is 73.6 Å². The van der Waals surface area contributed by atoms with Crippen LogP contribution in [0.25, 0.3) is 0 Å². The summed E-state index contributed by atoms with van der Waals surface area (Å²) in [6.07, 6.45) is 0.851. The molecule has 3 aliphatic rings. The van der Waals surface area contributed by atoms with Gasteiger partial charge in [-0.15, -0.1) is 0 Å². The quantitative estimate of drug-likeness (QED) is 0.541. The van der Waals surface area contributed by atoms with Gasteiger partial charge in [-0.2, -0.15) is 0 Å². The van der Waals surface area contributed by atoms with Crippen molar-refractivity contribution in [2.45, 2.75) is 45.2 Å². The van der Waals surface area contributed by atoms with Gasteiger partial charge in [0.2, 0.25) is 0 Å². The summed E-state index contributed by atoms with van der Waals surface area (Å²) in [4.78, 5) is 27.9. The molecule has 36 heavy (non-hydrogen) atoms. The number of likely N-dealkylation sites (N-methyl/N-ethyl adjacent to an activating group) is 1. The number of carbonyl (C=O) groups excluding carboxylic acids is 2. The largest absolute Gasteiger partial charge is 0.457 e. The lowest BCUT2D eigenvalue weighted by Crippen LogP contribution is -2.40. The summed E-state index contributed by atoms with van der Waals surface area (Å²) < 4.78 is 10.2. The van der Waals surface area contributed by atoms with Crippen molar-refractivity contribution >= 4 is 11.9 Å². The Morgan fingerprint density at radius 3 is 2.47 bits per heavy atom. The fourth-order valence-electron chi connectivity index (χ4n) is 5.70. The average Bonchev–Trinajstić information content (AvgIpc) is 3.43. The molecular formula is C28H34N2O6. The molecule has 2 N–H and O–H groups in total. The van der Waals surface area contributed by atoms with Crippen LogP contribution in [0.3, 0.4) is 0 Å². The predicted octanol–water partition coefficient (Wildman–Crippen LogP) is 2.75. The molecule has 1 fully saturated rings. The van der Waals surface area contributed by atoms with Crippen molar-refractivity contribution in [2.75, 3.05) is 39.8 Å². The maximum atomic E-state index is 11.8. The van der Waals surface area contributed by atoms with Gasteiger partial charge in [-0.05, 0) is 80.7 Å². The zero-order valence-electron chi connectivity index (χ0n) is 20.9. The van der Waals surface area contributed by atoms with Gasteiger partial charge in [0.05, 0.1) is 23.3 Å². The van der Waals surface area contributed by atoms with E-state index in [0.29, 0.717) is 30.1 Å². The van der Waals surface area contributed by atoms with Gasteiger partial charge in [-0.1, -0.05) is 12.1 Å². The number of carbonyl (C=O) groups is 2. The van der Waals surface area contributed by atoms with Crippen molar-refractivity contribution in [3.05, 3.63) is 69.3 Å². The van der Waals surface area contributed by atoms with Gasteiger partial charge in [0.25, 0.3) is 0 Å². The molecular weight excluding hydrogens is 460 g/mol. The van der Waals surface area contributed by atoms with Crippen LogP contribution in [-0.4, -0.2) is 71.7 Å². The second-order valence-corrected chi connectivity index (χ2v) is 10.4. The second-order valence-electron chi connectivity index (χ2n) is 10.4. The van der Waals surface area contributed by atoms with Crippen molar-refractivity contribution in [2.24, 2.45) is 5.92 Å². The minimum atomic E-state index is -0.623. The van der Waals surface area contributed by atoms with Crippen LogP contribution >= 0.6 is 0 Å². The molecule has 5 rings (SSSR count). The highest BCUT2D eigenvalue weighted by atomic mass is 16.5. The summed E-state index contributed by atoms with van der Waals surface area (Å²) in [6, 6.07) is 9.04. The second kappa shape index (κ2) is 10.3. The molecule has 2 atom stereocenters. The highest BCUT2D eigenvalue weighted by Gasteiger charge is 2.28. The average molecular weight is 495 g/mol. The van der Waals surface area contributed by atoms with Crippen LogP contribution in [0.2, 0.25) is 0 Å². The molecule has 0 amide bonds. The third-order valence-electron chi connectivity index (χ3n) is 7.85. The van der Waals surface area contributed by atoms with Gasteiger partial charge in [0, 0.05) is 30.8 Å². The van der Waals surface area contributed by atoms with E-state index in [1.807, 2.05) is 26.1 Å². The van der Waals surface area contributed by atoms with Crippen LogP contribution in [0.15, 0.2) is 30.3 Å². The van der Waals surface area contributed by atoms with E-state index in [-0.39, 0.29) is 25.2 Å². The third-order valence-corrected chi connectivity index (χ3v) is 7.85. The molecule has 8 heteroatoms. The van der Waals surface area contributed by atoms with Gasteiger partial charge >= 0.3 is 11.9 Å². The van der Waals surface area contributed by atoms with Gasteiger partial charge < -0.3 is 29.5 Å². The van der Waals surface area contributed by atoms with Gasteiger partial charge in [0.15, 0.2) is 0 Å². The van der Waals surface area contributed by atoms with E-state index in [2.05, 4.69) is 9.80 Å². The van der Waals surface area contributed by atoms with Gasteiger partial charge in [0.1, 0.15) is 13.2 Å². The molecule has 2 aromatic rings. The van der Waals surface area contributed by atoms with E-state index < -0.39 is 12.2 Å². The number of aliphatic hydroxyl groups excluding tert-OH is 2. The Hall–Kier alpha value is -2.78. The zero-order valence-corrected chi connectivity index (χ0v) is 20.9. The molecule has 3 heterocycles.